The van der Waals surface area contributed by atoms with Crippen molar-refractivity contribution >= 4 is 5.82 Å². The van der Waals surface area contributed by atoms with Crippen LogP contribution in [0.5, 0.6) is 0 Å². The van der Waals surface area contributed by atoms with Crippen molar-refractivity contribution in [3.63, 3.8) is 0 Å². The second kappa shape index (κ2) is 10.7. The Balaban J connectivity index is 2.12. The fourth-order valence-electron chi connectivity index (χ4n) is 1.57. The maximum Gasteiger partial charge on any atom is 0.131 e. The smallest absolute Gasteiger partial charge is 0.131 e. The first-order chi connectivity index (χ1) is 9.38. The molecule has 0 spiro atoms. The molecule has 0 unspecified atom stereocenters. The Morgan fingerprint density at radius 2 is 2.00 bits per heavy atom. The van der Waals surface area contributed by atoms with Crippen LogP contribution in [-0.4, -0.2) is 45.1 Å². The van der Waals surface area contributed by atoms with Gasteiger partial charge in [0.1, 0.15) is 5.82 Å². The van der Waals surface area contributed by atoms with Crippen LogP contribution in [0.1, 0.15) is 18.9 Å². The van der Waals surface area contributed by atoms with Crippen LogP contribution in [0.3, 0.4) is 0 Å². The standard InChI is InChI=1S/C14H24N2O3/c1-3-15-14-13(6-4-7-16-14)12-19-9-5-8-18-11-10-17-2/h4,6-7H,3,5,8-12H2,1-2H3,(H,15,16). The number of hydrogen-bond donors (Lipinski definition) is 1. The zero-order valence-corrected chi connectivity index (χ0v) is 11.9. The van der Waals surface area contributed by atoms with Gasteiger partial charge in [-0.2, -0.15) is 0 Å². The van der Waals surface area contributed by atoms with Gasteiger partial charge in [0.25, 0.3) is 0 Å². The molecular formula is C14H24N2O3. The van der Waals surface area contributed by atoms with E-state index in [1.807, 2.05) is 12.1 Å². The zero-order chi connectivity index (χ0) is 13.8. The van der Waals surface area contributed by atoms with Crippen LogP contribution in [0.4, 0.5) is 5.82 Å². The number of hydrogen-bond acceptors (Lipinski definition) is 5. The van der Waals surface area contributed by atoms with Gasteiger partial charge >= 0.3 is 0 Å². The molecule has 0 amide bonds. The van der Waals surface area contributed by atoms with Crippen molar-refractivity contribution in [1.29, 1.82) is 0 Å². The molecule has 0 saturated carbocycles. The average Bonchev–Trinajstić information content (AvgIpc) is 2.44. The van der Waals surface area contributed by atoms with E-state index < -0.39 is 0 Å². The molecule has 0 aliphatic carbocycles. The van der Waals surface area contributed by atoms with Gasteiger partial charge in [0, 0.05) is 38.6 Å². The van der Waals surface area contributed by atoms with Gasteiger partial charge in [-0.25, -0.2) is 4.98 Å². The molecular weight excluding hydrogens is 244 g/mol. The normalized spacial score (nSPS) is 10.6. The minimum absolute atomic E-state index is 0.578. The molecule has 1 N–H and O–H groups in total. The molecule has 0 aliphatic heterocycles. The SMILES string of the molecule is CCNc1ncccc1COCCCOCCOC. The molecule has 5 heteroatoms. The average molecular weight is 268 g/mol. The van der Waals surface area contributed by atoms with Gasteiger partial charge in [-0.1, -0.05) is 6.07 Å². The Kier molecular flexibility index (Phi) is 8.97. The van der Waals surface area contributed by atoms with Gasteiger partial charge in [0.05, 0.1) is 19.8 Å². The topological polar surface area (TPSA) is 52.6 Å². The molecule has 0 bridgehead atoms. The molecule has 1 heterocycles. The van der Waals surface area contributed by atoms with Crippen molar-refractivity contribution in [1.82, 2.24) is 4.98 Å². The number of pyridine rings is 1. The van der Waals surface area contributed by atoms with E-state index in [0.29, 0.717) is 33.0 Å². The van der Waals surface area contributed by atoms with Crippen LogP contribution >= 0.6 is 0 Å². The summed E-state index contributed by atoms with van der Waals surface area (Å²) in [6.07, 6.45) is 2.67. The molecule has 108 valence electrons. The molecule has 0 aromatic carbocycles. The van der Waals surface area contributed by atoms with Crippen molar-refractivity contribution in [3.8, 4) is 0 Å². The Morgan fingerprint density at radius 1 is 1.16 bits per heavy atom. The summed E-state index contributed by atoms with van der Waals surface area (Å²) >= 11 is 0. The van der Waals surface area contributed by atoms with Crippen LogP contribution in [0.15, 0.2) is 18.3 Å². The second-order valence-electron chi connectivity index (χ2n) is 4.05. The summed E-state index contributed by atoms with van der Waals surface area (Å²) in [6.45, 7) is 6.17. The number of methoxy groups -OCH3 is 1. The Morgan fingerprint density at radius 3 is 2.79 bits per heavy atom. The highest BCUT2D eigenvalue weighted by molar-refractivity contribution is 5.42. The van der Waals surface area contributed by atoms with Gasteiger partial charge in [-0.3, -0.25) is 0 Å². The third-order valence-electron chi connectivity index (χ3n) is 2.50. The van der Waals surface area contributed by atoms with Gasteiger partial charge in [0.15, 0.2) is 0 Å². The van der Waals surface area contributed by atoms with Crippen LogP contribution < -0.4 is 5.32 Å². The number of ether oxygens (including phenoxy) is 3. The maximum atomic E-state index is 5.62. The Bertz CT molecular complexity index is 334. The van der Waals surface area contributed by atoms with E-state index in [9.17, 15) is 0 Å². The summed E-state index contributed by atoms with van der Waals surface area (Å²) in [5.41, 5.74) is 1.09. The number of anilines is 1. The second-order valence-corrected chi connectivity index (χ2v) is 4.05. The predicted octanol–water partition coefficient (Wildman–Crippen LogP) is 2.08. The monoisotopic (exact) mass is 268 g/mol. The molecule has 0 saturated heterocycles. The number of aromatic nitrogens is 1. The predicted molar refractivity (Wildman–Crippen MR) is 75.4 cm³/mol. The summed E-state index contributed by atoms with van der Waals surface area (Å²) in [6, 6.07) is 3.95. The van der Waals surface area contributed by atoms with Crippen LogP contribution in [0.2, 0.25) is 0 Å². The molecule has 1 rings (SSSR count). The van der Waals surface area contributed by atoms with Gasteiger partial charge < -0.3 is 19.5 Å². The van der Waals surface area contributed by atoms with Crippen LogP contribution in [0, 0.1) is 0 Å². The summed E-state index contributed by atoms with van der Waals surface area (Å²) in [7, 11) is 1.67. The fourth-order valence-corrected chi connectivity index (χ4v) is 1.57. The van der Waals surface area contributed by atoms with E-state index >= 15 is 0 Å². The molecule has 0 radical (unpaired) electrons. The van der Waals surface area contributed by atoms with Crippen LogP contribution in [-0.2, 0) is 20.8 Å². The first kappa shape index (κ1) is 15.9. The van der Waals surface area contributed by atoms with Crippen molar-refractivity contribution in [2.75, 3.05) is 45.4 Å². The van der Waals surface area contributed by atoms with Gasteiger partial charge in [0.2, 0.25) is 0 Å². The Hall–Kier alpha value is -1.17. The van der Waals surface area contributed by atoms with E-state index in [4.69, 9.17) is 14.2 Å². The molecule has 5 nitrogen and oxygen atoms in total. The lowest BCUT2D eigenvalue weighted by molar-refractivity contribution is 0.0484. The fraction of sp³-hybridized carbons (Fsp3) is 0.643. The highest BCUT2D eigenvalue weighted by Crippen LogP contribution is 2.12. The Labute approximate surface area is 115 Å². The molecule has 0 aliphatic rings. The van der Waals surface area contributed by atoms with Crippen molar-refractivity contribution < 1.29 is 14.2 Å². The molecule has 1 aromatic rings. The lowest BCUT2D eigenvalue weighted by Gasteiger charge is -2.10. The van der Waals surface area contributed by atoms with Crippen molar-refractivity contribution in [3.05, 3.63) is 23.9 Å². The van der Waals surface area contributed by atoms with E-state index in [2.05, 4.69) is 17.2 Å². The largest absolute Gasteiger partial charge is 0.382 e. The third kappa shape index (κ3) is 7.10. The molecule has 0 atom stereocenters. The third-order valence-corrected chi connectivity index (χ3v) is 2.50. The molecule has 19 heavy (non-hydrogen) atoms. The van der Waals surface area contributed by atoms with Crippen LogP contribution in [0.25, 0.3) is 0 Å². The highest BCUT2D eigenvalue weighted by atomic mass is 16.5. The summed E-state index contributed by atoms with van der Waals surface area (Å²) in [5, 5.41) is 3.22. The number of nitrogens with zero attached hydrogens (tertiary/aromatic N) is 1. The maximum absolute atomic E-state index is 5.62. The first-order valence-corrected chi connectivity index (χ1v) is 6.70. The molecule has 1 aromatic heterocycles. The van der Waals surface area contributed by atoms with E-state index in [0.717, 1.165) is 24.3 Å². The minimum Gasteiger partial charge on any atom is -0.382 e. The summed E-state index contributed by atoms with van der Waals surface area (Å²) < 4.78 is 15.9. The van der Waals surface area contributed by atoms with E-state index in [-0.39, 0.29) is 0 Å². The van der Waals surface area contributed by atoms with E-state index in [1.54, 1.807) is 13.3 Å². The van der Waals surface area contributed by atoms with Crippen molar-refractivity contribution in [2.45, 2.75) is 20.0 Å². The number of nitrogens with one attached hydrogen (secondary N) is 1. The lowest BCUT2D eigenvalue weighted by Crippen LogP contribution is -2.07. The summed E-state index contributed by atoms with van der Waals surface area (Å²) in [5.74, 6) is 0.904. The minimum atomic E-state index is 0.578. The van der Waals surface area contributed by atoms with Gasteiger partial charge in [-0.15, -0.1) is 0 Å². The quantitative estimate of drug-likeness (QED) is 0.623. The first-order valence-electron chi connectivity index (χ1n) is 6.70. The summed E-state index contributed by atoms with van der Waals surface area (Å²) in [4.78, 5) is 4.29. The van der Waals surface area contributed by atoms with Crippen molar-refractivity contribution in [2.24, 2.45) is 0 Å². The number of rotatable bonds is 11. The molecule has 0 fully saturated rings. The van der Waals surface area contributed by atoms with Gasteiger partial charge in [-0.05, 0) is 19.4 Å². The lowest BCUT2D eigenvalue weighted by atomic mass is 10.2. The zero-order valence-electron chi connectivity index (χ0n) is 11.9. The highest BCUT2D eigenvalue weighted by Gasteiger charge is 2.01. The van der Waals surface area contributed by atoms with E-state index in [1.165, 1.54) is 0 Å².